The highest BCUT2D eigenvalue weighted by molar-refractivity contribution is 7.91. The van der Waals surface area contributed by atoms with Crippen LogP contribution in [0.15, 0.2) is 55.8 Å². The van der Waals surface area contributed by atoms with Crippen LogP contribution in [0.2, 0.25) is 0 Å². The number of hydrogen-bond donors (Lipinski definition) is 0. The van der Waals surface area contributed by atoms with Crippen LogP contribution in [0.25, 0.3) is 0 Å². The smallest absolute Gasteiger partial charge is 0.254 e. The van der Waals surface area contributed by atoms with E-state index in [9.17, 15) is 8.42 Å². The molecule has 0 radical (unpaired) electrons. The van der Waals surface area contributed by atoms with Gasteiger partial charge in [0.2, 0.25) is 15.6 Å². The molecule has 1 aliphatic heterocycles. The predicted octanol–water partition coefficient (Wildman–Crippen LogP) is 3.22. The topological polar surface area (TPSA) is 68.9 Å². The van der Waals surface area contributed by atoms with E-state index < -0.39 is 9.84 Å². The Morgan fingerprint density at radius 1 is 1.17 bits per heavy atom. The Kier molecular flexibility index (Phi) is 4.02. The van der Waals surface area contributed by atoms with Crippen molar-refractivity contribution in [3.8, 4) is 0 Å². The lowest BCUT2D eigenvalue weighted by Gasteiger charge is -2.06. The second kappa shape index (κ2) is 5.85. The Morgan fingerprint density at radius 2 is 1.87 bits per heavy atom. The molecule has 2 aromatic rings. The van der Waals surface area contributed by atoms with Crippen LogP contribution in [0.1, 0.15) is 25.2 Å². The van der Waals surface area contributed by atoms with E-state index in [1.54, 1.807) is 24.3 Å². The summed E-state index contributed by atoms with van der Waals surface area (Å²) in [4.78, 5) is 4.76. The van der Waals surface area contributed by atoms with E-state index in [1.807, 2.05) is 20.8 Å². The molecule has 0 fully saturated rings. The summed E-state index contributed by atoms with van der Waals surface area (Å²) in [5.74, 6) is 0.757. The van der Waals surface area contributed by atoms with Crippen LogP contribution in [0.5, 0.6) is 0 Å². The molecule has 1 aliphatic rings. The maximum Gasteiger partial charge on any atom is 0.254 e. The molecule has 0 saturated carbocycles. The number of rotatable bonds is 4. The van der Waals surface area contributed by atoms with Gasteiger partial charge >= 0.3 is 0 Å². The molecule has 0 spiro atoms. The maximum atomic E-state index is 12.8. The first-order valence-corrected chi connectivity index (χ1v) is 8.98. The van der Waals surface area contributed by atoms with Gasteiger partial charge < -0.3 is 9.15 Å². The van der Waals surface area contributed by atoms with E-state index in [2.05, 4.69) is 4.99 Å². The van der Waals surface area contributed by atoms with Crippen molar-refractivity contribution in [3.05, 3.63) is 47.9 Å². The first-order valence-electron chi connectivity index (χ1n) is 7.50. The van der Waals surface area contributed by atoms with Crippen molar-refractivity contribution in [3.63, 3.8) is 0 Å². The standard InChI is InChI=1S/C17H19NO4S/c1-11(2)14-10-22-17(18-14)16-15(8-9-21-16)23(19,20)13-6-4-12(3)5-7-13/h4-9,11,14H,10H2,1-3H3/t14-/m1/s1. The Bertz CT molecular complexity index is 832. The molecule has 23 heavy (non-hydrogen) atoms. The van der Waals surface area contributed by atoms with Crippen LogP contribution >= 0.6 is 0 Å². The van der Waals surface area contributed by atoms with E-state index in [0.29, 0.717) is 12.5 Å². The zero-order valence-corrected chi connectivity index (χ0v) is 14.1. The predicted molar refractivity (Wildman–Crippen MR) is 86.5 cm³/mol. The summed E-state index contributed by atoms with van der Waals surface area (Å²) in [6, 6.07) is 8.19. The molecule has 0 bridgehead atoms. The van der Waals surface area contributed by atoms with Crippen molar-refractivity contribution in [2.24, 2.45) is 10.9 Å². The summed E-state index contributed by atoms with van der Waals surface area (Å²) in [6.45, 7) is 6.45. The number of ether oxygens (including phenoxy) is 1. The summed E-state index contributed by atoms with van der Waals surface area (Å²) in [5.41, 5.74) is 1.000. The summed E-state index contributed by atoms with van der Waals surface area (Å²) in [6.07, 6.45) is 1.35. The van der Waals surface area contributed by atoms with E-state index in [4.69, 9.17) is 9.15 Å². The second-order valence-corrected chi connectivity index (χ2v) is 7.91. The Balaban J connectivity index is 2.01. The SMILES string of the molecule is Cc1ccc(S(=O)(=O)c2ccoc2C2=N[C@@H](C(C)C)CO2)cc1. The minimum absolute atomic E-state index is 0.0185. The molecule has 0 N–H and O–H groups in total. The molecule has 5 nitrogen and oxygen atoms in total. The van der Waals surface area contributed by atoms with E-state index in [0.717, 1.165) is 5.56 Å². The van der Waals surface area contributed by atoms with Crippen molar-refractivity contribution in [1.29, 1.82) is 0 Å². The molecule has 0 unspecified atom stereocenters. The van der Waals surface area contributed by atoms with Crippen molar-refractivity contribution in [1.82, 2.24) is 0 Å². The van der Waals surface area contributed by atoms with Crippen LogP contribution in [0.4, 0.5) is 0 Å². The van der Waals surface area contributed by atoms with Crippen molar-refractivity contribution < 1.29 is 17.6 Å². The van der Waals surface area contributed by atoms with Gasteiger partial charge in [-0.1, -0.05) is 31.5 Å². The van der Waals surface area contributed by atoms with Gasteiger partial charge in [-0.25, -0.2) is 13.4 Å². The fourth-order valence-electron chi connectivity index (χ4n) is 2.36. The Labute approximate surface area is 135 Å². The first-order chi connectivity index (χ1) is 10.9. The third-order valence-electron chi connectivity index (χ3n) is 3.89. The van der Waals surface area contributed by atoms with Gasteiger partial charge in [-0.15, -0.1) is 0 Å². The van der Waals surface area contributed by atoms with Gasteiger partial charge in [-0.05, 0) is 31.0 Å². The minimum Gasteiger partial charge on any atom is -0.473 e. The highest BCUT2D eigenvalue weighted by Crippen LogP contribution is 2.28. The van der Waals surface area contributed by atoms with Crippen LogP contribution in [0, 0.1) is 12.8 Å². The van der Waals surface area contributed by atoms with Gasteiger partial charge in [0, 0.05) is 0 Å². The van der Waals surface area contributed by atoms with Crippen LogP contribution < -0.4 is 0 Å². The number of hydrogen-bond acceptors (Lipinski definition) is 5. The third-order valence-corrected chi connectivity index (χ3v) is 5.68. The van der Waals surface area contributed by atoms with Gasteiger partial charge in [0.25, 0.3) is 5.90 Å². The summed E-state index contributed by atoms with van der Waals surface area (Å²) < 4.78 is 36.6. The van der Waals surface area contributed by atoms with Crippen LogP contribution in [-0.4, -0.2) is 27.0 Å². The maximum absolute atomic E-state index is 12.8. The zero-order chi connectivity index (χ0) is 16.6. The highest BCUT2D eigenvalue weighted by atomic mass is 32.2. The fraction of sp³-hybridized carbons (Fsp3) is 0.353. The quantitative estimate of drug-likeness (QED) is 0.861. The lowest BCUT2D eigenvalue weighted by atomic mass is 10.1. The van der Waals surface area contributed by atoms with Gasteiger partial charge in [0.15, 0.2) is 0 Å². The van der Waals surface area contributed by atoms with E-state index in [1.165, 1.54) is 12.3 Å². The van der Waals surface area contributed by atoms with Gasteiger partial charge in [0.1, 0.15) is 11.5 Å². The molecule has 1 aromatic carbocycles. The first kappa shape index (κ1) is 15.8. The van der Waals surface area contributed by atoms with Crippen molar-refractivity contribution in [2.75, 3.05) is 6.61 Å². The molecule has 0 aliphatic carbocycles. The molecule has 6 heteroatoms. The third kappa shape index (κ3) is 2.91. The molecule has 0 saturated heterocycles. The van der Waals surface area contributed by atoms with Crippen LogP contribution in [-0.2, 0) is 14.6 Å². The lowest BCUT2D eigenvalue weighted by molar-refractivity contribution is 0.286. The van der Waals surface area contributed by atoms with E-state index >= 15 is 0 Å². The van der Waals surface area contributed by atoms with Crippen LogP contribution in [0.3, 0.4) is 0 Å². The highest BCUT2D eigenvalue weighted by Gasteiger charge is 2.31. The van der Waals surface area contributed by atoms with Gasteiger partial charge in [-0.3, -0.25) is 0 Å². The van der Waals surface area contributed by atoms with Gasteiger partial charge in [0.05, 0.1) is 17.2 Å². The molecule has 1 atom stereocenters. The van der Waals surface area contributed by atoms with Crippen molar-refractivity contribution >= 4 is 15.7 Å². The summed E-state index contributed by atoms with van der Waals surface area (Å²) in [7, 11) is -3.67. The van der Waals surface area contributed by atoms with E-state index in [-0.39, 0.29) is 27.5 Å². The number of nitrogens with zero attached hydrogens (tertiary/aromatic N) is 1. The Hall–Kier alpha value is -2.08. The van der Waals surface area contributed by atoms with Gasteiger partial charge in [-0.2, -0.15) is 0 Å². The second-order valence-electron chi connectivity index (χ2n) is 5.99. The fourth-order valence-corrected chi connectivity index (χ4v) is 3.73. The number of benzene rings is 1. The average Bonchev–Trinajstić information content (AvgIpc) is 3.16. The zero-order valence-electron chi connectivity index (χ0n) is 13.3. The monoisotopic (exact) mass is 333 g/mol. The average molecular weight is 333 g/mol. The molecular weight excluding hydrogens is 314 g/mol. The number of furan rings is 1. The molecular formula is C17H19NO4S. The molecule has 0 amide bonds. The minimum atomic E-state index is -3.67. The number of aryl methyl sites for hydroxylation is 1. The number of sulfone groups is 1. The molecule has 122 valence electrons. The summed E-state index contributed by atoms with van der Waals surface area (Å²) in [5, 5.41) is 0. The largest absolute Gasteiger partial charge is 0.473 e. The lowest BCUT2D eigenvalue weighted by Crippen LogP contribution is -2.13. The number of aliphatic imine (C=N–C) groups is 1. The molecule has 1 aromatic heterocycles. The normalized spacial score (nSPS) is 18.1. The van der Waals surface area contributed by atoms with Crippen molar-refractivity contribution in [2.45, 2.75) is 36.6 Å². The molecule has 3 rings (SSSR count). The molecule has 2 heterocycles. The summed E-state index contributed by atoms with van der Waals surface area (Å²) >= 11 is 0. The Morgan fingerprint density at radius 3 is 2.48 bits per heavy atom.